The van der Waals surface area contributed by atoms with E-state index in [1.807, 2.05) is 0 Å². The highest BCUT2D eigenvalue weighted by Gasteiger charge is 2.30. The molecule has 0 aromatic heterocycles. The summed E-state index contributed by atoms with van der Waals surface area (Å²) < 4.78 is 37.8. The zero-order valence-electron chi connectivity index (χ0n) is 11.7. The van der Waals surface area contributed by atoms with Crippen molar-refractivity contribution in [1.82, 2.24) is 5.43 Å². The Morgan fingerprint density at radius 1 is 1.21 bits per heavy atom. The van der Waals surface area contributed by atoms with Crippen molar-refractivity contribution >= 4 is 35.3 Å². The van der Waals surface area contributed by atoms with Crippen molar-refractivity contribution in [3.63, 3.8) is 0 Å². The largest absolute Gasteiger partial charge is 0.506 e. The molecule has 0 aliphatic carbocycles. The van der Waals surface area contributed by atoms with Crippen LogP contribution in [0.25, 0.3) is 0 Å². The second kappa shape index (κ2) is 7.11. The van der Waals surface area contributed by atoms with E-state index in [1.165, 1.54) is 18.2 Å². The van der Waals surface area contributed by atoms with E-state index in [0.717, 1.165) is 18.3 Å². The third-order valence-corrected chi connectivity index (χ3v) is 3.39. The number of aromatic hydroxyl groups is 1. The van der Waals surface area contributed by atoms with E-state index in [1.54, 1.807) is 0 Å². The molecule has 1 amide bonds. The number of nitrogens with zero attached hydrogens (tertiary/aromatic N) is 1. The molecule has 24 heavy (non-hydrogen) atoms. The Labute approximate surface area is 144 Å². The Kier molecular flexibility index (Phi) is 5.36. The molecular weight excluding hydrogens is 368 g/mol. The molecular formula is C15H9Cl2F3N2O2. The van der Waals surface area contributed by atoms with E-state index in [4.69, 9.17) is 23.2 Å². The van der Waals surface area contributed by atoms with E-state index in [9.17, 15) is 23.1 Å². The minimum atomic E-state index is -4.55. The summed E-state index contributed by atoms with van der Waals surface area (Å²) in [5.74, 6) is -1.14. The molecule has 0 aliphatic rings. The number of alkyl halides is 3. The number of phenolic OH excluding ortho intramolecular Hbond substituents is 1. The lowest BCUT2D eigenvalue weighted by atomic mass is 10.1. The van der Waals surface area contributed by atoms with E-state index < -0.39 is 17.6 Å². The highest BCUT2D eigenvalue weighted by Crippen LogP contribution is 2.30. The number of carbonyl (C=O) groups excluding carboxylic acids is 1. The summed E-state index contributed by atoms with van der Waals surface area (Å²) in [5.41, 5.74) is 1.04. The molecule has 0 saturated carbocycles. The minimum absolute atomic E-state index is 0.00634. The van der Waals surface area contributed by atoms with Gasteiger partial charge in [-0.1, -0.05) is 29.3 Å². The van der Waals surface area contributed by atoms with Gasteiger partial charge < -0.3 is 5.11 Å². The fourth-order valence-corrected chi connectivity index (χ4v) is 2.26. The van der Waals surface area contributed by atoms with Crippen LogP contribution < -0.4 is 5.43 Å². The molecule has 2 rings (SSSR count). The second-order valence-corrected chi connectivity index (χ2v) is 5.45. The van der Waals surface area contributed by atoms with Crippen molar-refractivity contribution in [2.75, 3.05) is 0 Å². The molecule has 0 unspecified atom stereocenters. The number of halogens is 5. The van der Waals surface area contributed by atoms with Crippen molar-refractivity contribution in [2.24, 2.45) is 5.10 Å². The molecule has 0 aliphatic heterocycles. The van der Waals surface area contributed by atoms with Crippen molar-refractivity contribution in [3.8, 4) is 5.75 Å². The molecule has 0 bridgehead atoms. The number of amides is 1. The predicted molar refractivity (Wildman–Crippen MR) is 84.6 cm³/mol. The van der Waals surface area contributed by atoms with E-state index >= 15 is 0 Å². The van der Waals surface area contributed by atoms with Crippen LogP contribution in [0.5, 0.6) is 5.75 Å². The zero-order chi connectivity index (χ0) is 17.9. The number of hydrazone groups is 1. The van der Waals surface area contributed by atoms with Gasteiger partial charge in [0, 0.05) is 16.1 Å². The van der Waals surface area contributed by atoms with Crippen LogP contribution >= 0.6 is 23.2 Å². The van der Waals surface area contributed by atoms with Crippen LogP contribution in [0, 0.1) is 0 Å². The third-order valence-electron chi connectivity index (χ3n) is 2.88. The van der Waals surface area contributed by atoms with Crippen LogP contribution in [-0.2, 0) is 6.18 Å². The van der Waals surface area contributed by atoms with Gasteiger partial charge in [-0.25, -0.2) is 5.43 Å². The smallest absolute Gasteiger partial charge is 0.416 e. The van der Waals surface area contributed by atoms with Gasteiger partial charge in [0.15, 0.2) is 0 Å². The summed E-state index contributed by atoms with van der Waals surface area (Å²) in [4.78, 5) is 11.8. The number of hydrogen-bond acceptors (Lipinski definition) is 3. The first-order valence-electron chi connectivity index (χ1n) is 6.37. The fourth-order valence-electron chi connectivity index (χ4n) is 1.75. The topological polar surface area (TPSA) is 61.7 Å². The van der Waals surface area contributed by atoms with Gasteiger partial charge in [-0.3, -0.25) is 4.79 Å². The van der Waals surface area contributed by atoms with E-state index in [-0.39, 0.29) is 26.9 Å². The number of rotatable bonds is 3. The van der Waals surface area contributed by atoms with Crippen LogP contribution in [0.4, 0.5) is 13.2 Å². The summed E-state index contributed by atoms with van der Waals surface area (Å²) >= 11 is 11.5. The van der Waals surface area contributed by atoms with Gasteiger partial charge in [0.25, 0.3) is 5.91 Å². The standard InChI is InChI=1S/C15H9Cl2F3N2O2/c16-11-5-9(13(23)12(17)6-11)7-21-22-14(24)8-2-1-3-10(4-8)15(18,19)20/h1-7,23H,(H,22,24)/b21-7+. The first-order valence-corrected chi connectivity index (χ1v) is 7.13. The quantitative estimate of drug-likeness (QED) is 0.612. The molecule has 0 radical (unpaired) electrons. The van der Waals surface area contributed by atoms with Crippen molar-refractivity contribution in [3.05, 3.63) is 63.1 Å². The molecule has 2 aromatic carbocycles. The Bertz CT molecular complexity index is 808. The molecule has 0 fully saturated rings. The van der Waals surface area contributed by atoms with Gasteiger partial charge in [-0.05, 0) is 30.3 Å². The van der Waals surface area contributed by atoms with Crippen molar-refractivity contribution in [2.45, 2.75) is 6.18 Å². The zero-order valence-corrected chi connectivity index (χ0v) is 13.2. The Hall–Kier alpha value is -2.25. The summed E-state index contributed by atoms with van der Waals surface area (Å²) in [5, 5.41) is 13.5. The Morgan fingerprint density at radius 2 is 1.92 bits per heavy atom. The SMILES string of the molecule is O=C(N/N=C/c1cc(Cl)cc(Cl)c1O)c1cccc(C(F)(F)F)c1. The van der Waals surface area contributed by atoms with Crippen molar-refractivity contribution < 1.29 is 23.1 Å². The predicted octanol–water partition coefficient (Wildman–Crippen LogP) is 4.48. The third kappa shape index (κ3) is 4.39. The van der Waals surface area contributed by atoms with E-state index in [2.05, 4.69) is 10.5 Å². The first-order chi connectivity index (χ1) is 11.2. The molecule has 0 spiro atoms. The molecule has 2 aromatic rings. The maximum Gasteiger partial charge on any atom is 0.416 e. The number of phenols is 1. The maximum atomic E-state index is 12.6. The van der Waals surface area contributed by atoms with Gasteiger partial charge in [0.2, 0.25) is 0 Å². The Balaban J connectivity index is 2.14. The second-order valence-electron chi connectivity index (χ2n) is 4.60. The summed E-state index contributed by atoms with van der Waals surface area (Å²) in [6.45, 7) is 0. The van der Waals surface area contributed by atoms with Gasteiger partial charge in [-0.2, -0.15) is 18.3 Å². The monoisotopic (exact) mass is 376 g/mol. The summed E-state index contributed by atoms with van der Waals surface area (Å²) in [6.07, 6.45) is -3.48. The number of nitrogens with one attached hydrogen (secondary N) is 1. The fraction of sp³-hybridized carbons (Fsp3) is 0.0667. The lowest BCUT2D eigenvalue weighted by Gasteiger charge is -2.07. The maximum absolute atomic E-state index is 12.6. The van der Waals surface area contributed by atoms with Gasteiger partial charge in [0.05, 0.1) is 16.8 Å². The van der Waals surface area contributed by atoms with Gasteiger partial charge >= 0.3 is 6.18 Å². The van der Waals surface area contributed by atoms with Crippen LogP contribution in [0.2, 0.25) is 10.0 Å². The van der Waals surface area contributed by atoms with Crippen LogP contribution in [0.15, 0.2) is 41.5 Å². The van der Waals surface area contributed by atoms with Crippen LogP contribution in [0.3, 0.4) is 0 Å². The average Bonchev–Trinajstić information content (AvgIpc) is 2.51. The lowest BCUT2D eigenvalue weighted by Crippen LogP contribution is -2.18. The summed E-state index contributed by atoms with van der Waals surface area (Å²) in [7, 11) is 0. The van der Waals surface area contributed by atoms with Crippen molar-refractivity contribution in [1.29, 1.82) is 0 Å². The highest BCUT2D eigenvalue weighted by molar-refractivity contribution is 6.36. The van der Waals surface area contributed by atoms with Gasteiger partial charge in [-0.15, -0.1) is 0 Å². The minimum Gasteiger partial charge on any atom is -0.506 e. The molecule has 0 heterocycles. The van der Waals surface area contributed by atoms with Gasteiger partial charge in [0.1, 0.15) is 5.75 Å². The molecule has 2 N–H and O–H groups in total. The normalized spacial score (nSPS) is 11.7. The molecule has 4 nitrogen and oxygen atoms in total. The Morgan fingerprint density at radius 3 is 2.58 bits per heavy atom. The average molecular weight is 377 g/mol. The molecule has 126 valence electrons. The molecule has 0 atom stereocenters. The first kappa shape index (κ1) is 18.1. The number of carbonyl (C=O) groups is 1. The lowest BCUT2D eigenvalue weighted by molar-refractivity contribution is -0.137. The van der Waals surface area contributed by atoms with Crippen LogP contribution in [-0.4, -0.2) is 17.2 Å². The summed E-state index contributed by atoms with van der Waals surface area (Å²) in [6, 6.07) is 6.56. The van der Waals surface area contributed by atoms with E-state index in [0.29, 0.717) is 6.07 Å². The number of benzene rings is 2. The molecule has 9 heteroatoms. The molecule has 0 saturated heterocycles. The van der Waals surface area contributed by atoms with Crippen LogP contribution in [0.1, 0.15) is 21.5 Å². The highest BCUT2D eigenvalue weighted by atomic mass is 35.5. The number of hydrogen-bond donors (Lipinski definition) is 2.